The molecule has 346 valence electrons. The zero-order valence-electron chi connectivity index (χ0n) is 40.4. The van der Waals surface area contributed by atoms with Crippen molar-refractivity contribution in [2.45, 2.75) is 13.8 Å². The Morgan fingerprint density at radius 1 is 0.284 bits per heavy atom. The van der Waals surface area contributed by atoms with Gasteiger partial charge in [0, 0.05) is 76.0 Å². The lowest BCUT2D eigenvalue weighted by molar-refractivity contribution is 0.665. The standard InChI is InChI=1S/C68H42N4O2/c1-39-17-9-25-45-47-27-13-35-57(67(47)73-65(39)45)69(41-19-5-3-6-20-41)53-31-15-33-55-61(53)49-29-11-23-43-51-38-60-52(37-59(51)71(55)63(43)49)44-24-12-30-50-62-54(32-16-34-56(62)72(60)64(44)50)70(42-21-7-4-8-22-42)58-36-14-28-48-46-26-10-18-40(2)66(46)74-68(48)58/h3-38H,1-2H3. The Bertz CT molecular complexity index is 4850. The molecule has 0 aliphatic carbocycles. The van der Waals surface area contributed by atoms with Crippen LogP contribution in [0.5, 0.6) is 0 Å². The van der Waals surface area contributed by atoms with Gasteiger partial charge in [-0.1, -0.05) is 146 Å². The molecule has 17 aromatic rings. The predicted octanol–water partition coefficient (Wildman–Crippen LogP) is 19.3. The van der Waals surface area contributed by atoms with Crippen molar-refractivity contribution in [2.75, 3.05) is 9.80 Å². The molecule has 0 fully saturated rings. The van der Waals surface area contributed by atoms with Crippen molar-refractivity contribution in [3.63, 3.8) is 0 Å². The second kappa shape index (κ2) is 14.4. The molecule has 74 heavy (non-hydrogen) atoms. The molecule has 6 heteroatoms. The zero-order valence-corrected chi connectivity index (χ0v) is 40.4. The van der Waals surface area contributed by atoms with E-state index in [1.165, 1.54) is 76.2 Å². The van der Waals surface area contributed by atoms with Crippen LogP contribution in [0.25, 0.3) is 120 Å². The molecule has 0 unspecified atom stereocenters. The van der Waals surface area contributed by atoms with Crippen molar-refractivity contribution in [3.8, 4) is 0 Å². The lowest BCUT2D eigenvalue weighted by Crippen LogP contribution is -2.10. The van der Waals surface area contributed by atoms with Crippen LogP contribution < -0.4 is 9.80 Å². The molecule has 0 bridgehead atoms. The number of rotatable bonds is 6. The molecule has 0 saturated carbocycles. The van der Waals surface area contributed by atoms with Gasteiger partial charge in [0.05, 0.1) is 55.8 Å². The van der Waals surface area contributed by atoms with E-state index in [0.717, 1.165) is 89.1 Å². The number of aryl methyl sites for hydroxylation is 2. The summed E-state index contributed by atoms with van der Waals surface area (Å²) < 4.78 is 18.8. The Hall–Kier alpha value is -9.78. The Morgan fingerprint density at radius 3 is 1.08 bits per heavy atom. The van der Waals surface area contributed by atoms with Crippen LogP contribution in [0.2, 0.25) is 0 Å². The average Bonchev–Trinajstić information content (AvgIpc) is 4.35. The zero-order chi connectivity index (χ0) is 48.5. The lowest BCUT2D eigenvalue weighted by atomic mass is 10.0. The molecule has 0 amide bonds. The number of anilines is 6. The van der Waals surface area contributed by atoms with Crippen molar-refractivity contribution in [2.24, 2.45) is 0 Å². The van der Waals surface area contributed by atoms with Gasteiger partial charge in [-0.05, 0) is 97.8 Å². The van der Waals surface area contributed by atoms with Gasteiger partial charge in [0.1, 0.15) is 11.2 Å². The van der Waals surface area contributed by atoms with E-state index >= 15 is 0 Å². The molecule has 6 aromatic heterocycles. The minimum Gasteiger partial charge on any atom is -0.454 e. The third-order valence-corrected chi connectivity index (χ3v) is 16.2. The van der Waals surface area contributed by atoms with Crippen molar-refractivity contribution in [3.05, 3.63) is 230 Å². The molecule has 6 nitrogen and oxygen atoms in total. The Kier molecular flexibility index (Phi) is 7.78. The summed E-state index contributed by atoms with van der Waals surface area (Å²) in [5.41, 5.74) is 19.4. The largest absolute Gasteiger partial charge is 0.454 e. The third kappa shape index (κ3) is 5.08. The monoisotopic (exact) mass is 946 g/mol. The van der Waals surface area contributed by atoms with Gasteiger partial charge < -0.3 is 27.4 Å². The first-order chi connectivity index (χ1) is 36.6. The highest BCUT2D eigenvalue weighted by Gasteiger charge is 2.29. The Labute approximate surface area is 423 Å². The summed E-state index contributed by atoms with van der Waals surface area (Å²) in [6, 6.07) is 79.6. The second-order valence-corrected chi connectivity index (χ2v) is 20.1. The minimum absolute atomic E-state index is 0.874. The Balaban J connectivity index is 0.917. The van der Waals surface area contributed by atoms with E-state index in [9.17, 15) is 0 Å². The second-order valence-electron chi connectivity index (χ2n) is 20.1. The highest BCUT2D eigenvalue weighted by Crippen LogP contribution is 2.52. The first-order valence-electron chi connectivity index (χ1n) is 25.4. The summed E-state index contributed by atoms with van der Waals surface area (Å²) in [5, 5.41) is 14.2. The number of benzene rings is 11. The van der Waals surface area contributed by atoms with Crippen LogP contribution in [0, 0.1) is 13.8 Å². The molecule has 0 saturated heterocycles. The molecule has 17 rings (SSSR count). The van der Waals surface area contributed by atoms with Crippen LogP contribution >= 0.6 is 0 Å². The fourth-order valence-electron chi connectivity index (χ4n) is 13.1. The molecular weight excluding hydrogens is 905 g/mol. The summed E-state index contributed by atoms with van der Waals surface area (Å²) in [4.78, 5) is 4.79. The molecule has 0 atom stereocenters. The van der Waals surface area contributed by atoms with E-state index in [2.05, 4.69) is 251 Å². The first-order valence-corrected chi connectivity index (χ1v) is 25.4. The van der Waals surface area contributed by atoms with Crippen molar-refractivity contribution < 1.29 is 8.83 Å². The smallest absolute Gasteiger partial charge is 0.159 e. The fourth-order valence-corrected chi connectivity index (χ4v) is 13.1. The average molecular weight is 947 g/mol. The molecule has 0 aliphatic heterocycles. The van der Waals surface area contributed by atoms with Gasteiger partial charge in [0.2, 0.25) is 0 Å². The van der Waals surface area contributed by atoms with Gasteiger partial charge in [-0.15, -0.1) is 0 Å². The maximum Gasteiger partial charge on any atom is 0.159 e. The van der Waals surface area contributed by atoms with Gasteiger partial charge in [0.15, 0.2) is 11.2 Å². The highest BCUT2D eigenvalue weighted by molar-refractivity contribution is 6.31. The highest BCUT2D eigenvalue weighted by atomic mass is 16.3. The van der Waals surface area contributed by atoms with Crippen LogP contribution in [-0.4, -0.2) is 8.80 Å². The van der Waals surface area contributed by atoms with Crippen molar-refractivity contribution >= 4 is 154 Å². The first kappa shape index (κ1) is 39.9. The number of nitrogens with zero attached hydrogens (tertiary/aromatic N) is 4. The summed E-state index contributed by atoms with van der Waals surface area (Å²) in [7, 11) is 0. The van der Waals surface area contributed by atoms with E-state index in [1.54, 1.807) is 0 Å². The van der Waals surface area contributed by atoms with Crippen LogP contribution in [0.15, 0.2) is 227 Å². The van der Waals surface area contributed by atoms with Crippen molar-refractivity contribution in [1.29, 1.82) is 0 Å². The molecule has 0 aliphatic rings. The normalized spacial score (nSPS) is 12.5. The topological polar surface area (TPSA) is 41.6 Å². The molecule has 0 N–H and O–H groups in total. The van der Waals surface area contributed by atoms with Gasteiger partial charge in [-0.3, -0.25) is 0 Å². The SMILES string of the molecule is Cc1cccc2c1oc1c(N(c3ccccc3)c3cccc4c3c3cccc5c6cc7c(cc6n4c53)c3cccc4c5c(N(c6ccccc6)c6cccc8c6oc6c(C)cccc68)cccc5n7c34)cccc12. The molecular formula is C68H42N4O2. The quantitative estimate of drug-likeness (QED) is 0.167. The van der Waals surface area contributed by atoms with Gasteiger partial charge in [-0.25, -0.2) is 0 Å². The summed E-state index contributed by atoms with van der Waals surface area (Å²) in [6.07, 6.45) is 0. The number of para-hydroxylation sites is 8. The van der Waals surface area contributed by atoms with Crippen LogP contribution in [-0.2, 0) is 0 Å². The molecule has 0 spiro atoms. The van der Waals surface area contributed by atoms with E-state index in [4.69, 9.17) is 8.83 Å². The van der Waals surface area contributed by atoms with E-state index in [0.29, 0.717) is 0 Å². The van der Waals surface area contributed by atoms with E-state index in [1.807, 2.05) is 0 Å². The lowest BCUT2D eigenvalue weighted by Gasteiger charge is -2.26. The predicted molar refractivity (Wildman–Crippen MR) is 309 cm³/mol. The summed E-state index contributed by atoms with van der Waals surface area (Å²) in [6.45, 7) is 4.25. The number of fused-ring (bicyclic) bond motifs is 18. The molecule has 0 radical (unpaired) electrons. The Morgan fingerprint density at radius 2 is 0.635 bits per heavy atom. The van der Waals surface area contributed by atoms with Gasteiger partial charge in [-0.2, -0.15) is 0 Å². The van der Waals surface area contributed by atoms with Crippen LogP contribution in [0.1, 0.15) is 11.1 Å². The van der Waals surface area contributed by atoms with Crippen LogP contribution in [0.4, 0.5) is 34.1 Å². The fraction of sp³-hybridized carbons (Fsp3) is 0.0294. The van der Waals surface area contributed by atoms with Gasteiger partial charge >= 0.3 is 0 Å². The van der Waals surface area contributed by atoms with Gasteiger partial charge in [0.25, 0.3) is 0 Å². The summed E-state index contributed by atoms with van der Waals surface area (Å²) >= 11 is 0. The maximum atomic E-state index is 6.87. The number of hydrogen-bond donors (Lipinski definition) is 0. The molecule has 6 heterocycles. The third-order valence-electron chi connectivity index (χ3n) is 16.2. The van der Waals surface area contributed by atoms with Crippen molar-refractivity contribution in [1.82, 2.24) is 8.80 Å². The van der Waals surface area contributed by atoms with E-state index < -0.39 is 0 Å². The van der Waals surface area contributed by atoms with Crippen LogP contribution in [0.3, 0.4) is 0 Å². The molecule has 11 aromatic carbocycles. The number of furan rings is 2. The number of aromatic nitrogens is 2. The maximum absolute atomic E-state index is 6.87. The summed E-state index contributed by atoms with van der Waals surface area (Å²) in [5.74, 6) is 0. The van der Waals surface area contributed by atoms with E-state index in [-0.39, 0.29) is 0 Å². The number of hydrogen-bond acceptors (Lipinski definition) is 4. The minimum atomic E-state index is 0.874.